The van der Waals surface area contributed by atoms with Crippen LogP contribution in [0.4, 0.5) is 0 Å². The number of benzene rings is 1. The predicted octanol–water partition coefficient (Wildman–Crippen LogP) is 3.31. The van der Waals surface area contributed by atoms with Gasteiger partial charge >= 0.3 is 5.97 Å². The molecule has 0 spiro atoms. The number of carbonyl (C=O) groups is 1. The molecule has 0 fully saturated rings. The highest BCUT2D eigenvalue weighted by Gasteiger charge is 2.15. The summed E-state index contributed by atoms with van der Waals surface area (Å²) in [5.41, 5.74) is 1.68. The van der Waals surface area contributed by atoms with E-state index in [1.165, 1.54) is 29.8 Å². The molecule has 0 atom stereocenters. The van der Waals surface area contributed by atoms with Crippen molar-refractivity contribution in [2.75, 3.05) is 7.11 Å². The molecule has 0 unspecified atom stereocenters. The van der Waals surface area contributed by atoms with Crippen molar-refractivity contribution in [3.63, 3.8) is 0 Å². The Kier molecular flexibility index (Phi) is 4.94. The summed E-state index contributed by atoms with van der Waals surface area (Å²) in [6.45, 7) is 1.31. The van der Waals surface area contributed by atoms with E-state index in [9.17, 15) is 9.59 Å². The van der Waals surface area contributed by atoms with Crippen molar-refractivity contribution in [2.24, 2.45) is 0 Å². The number of nitrogens with zero attached hydrogens (tertiary/aromatic N) is 3. The molecule has 0 N–H and O–H groups in total. The van der Waals surface area contributed by atoms with E-state index in [0.29, 0.717) is 36.4 Å². The SMILES string of the molecule is COc1cc(/C=c2/sc3nc4cc(Br)cnc4n3c2=O)cc(Br)c1OC(C)=O. The number of methoxy groups -OCH3 is 1. The fourth-order valence-electron chi connectivity index (χ4n) is 2.73. The van der Waals surface area contributed by atoms with Gasteiger partial charge in [0.25, 0.3) is 5.56 Å². The molecule has 0 radical (unpaired) electrons. The summed E-state index contributed by atoms with van der Waals surface area (Å²) in [7, 11) is 1.48. The number of pyridine rings is 1. The zero-order valence-electron chi connectivity index (χ0n) is 14.5. The maximum atomic E-state index is 12.9. The summed E-state index contributed by atoms with van der Waals surface area (Å²) >= 11 is 8.01. The van der Waals surface area contributed by atoms with Crippen molar-refractivity contribution in [3.05, 3.63) is 53.8 Å². The third-order valence-corrected chi connectivity index (χ3v) is 5.84. The third-order valence-electron chi connectivity index (χ3n) is 3.84. The van der Waals surface area contributed by atoms with Crippen molar-refractivity contribution in [2.45, 2.75) is 6.92 Å². The van der Waals surface area contributed by atoms with Crippen LogP contribution < -0.4 is 19.6 Å². The lowest BCUT2D eigenvalue weighted by molar-refractivity contribution is -0.132. The van der Waals surface area contributed by atoms with Crippen molar-refractivity contribution >= 4 is 71.4 Å². The fraction of sp³-hybridized carbons (Fsp3) is 0.111. The van der Waals surface area contributed by atoms with Crippen LogP contribution in [-0.4, -0.2) is 27.4 Å². The van der Waals surface area contributed by atoms with Crippen LogP contribution in [0.15, 0.2) is 38.1 Å². The highest BCUT2D eigenvalue weighted by atomic mass is 79.9. The van der Waals surface area contributed by atoms with E-state index in [4.69, 9.17) is 9.47 Å². The number of ether oxygens (including phenoxy) is 2. The molecule has 0 saturated heterocycles. The zero-order chi connectivity index (χ0) is 20.0. The second-order valence-corrected chi connectivity index (χ2v) is 8.55. The van der Waals surface area contributed by atoms with Gasteiger partial charge in [-0.25, -0.2) is 14.4 Å². The molecular weight excluding hydrogens is 514 g/mol. The van der Waals surface area contributed by atoms with Crippen molar-refractivity contribution in [1.29, 1.82) is 0 Å². The minimum Gasteiger partial charge on any atom is -0.493 e. The Bertz CT molecular complexity index is 1360. The lowest BCUT2D eigenvalue weighted by Crippen LogP contribution is -2.23. The standard InChI is InChI=1S/C18H11Br2N3O4S/c1-8(24)27-15-11(20)3-9(4-13(15)26-2)5-14-17(25)23-16-12(22-18(23)28-14)6-10(19)7-21-16/h3-7H,1-2H3/b14-5+. The van der Waals surface area contributed by atoms with Crippen LogP contribution in [0.1, 0.15) is 12.5 Å². The fourth-order valence-corrected chi connectivity index (χ4v) is 4.57. The molecule has 4 aromatic rings. The molecule has 10 heteroatoms. The Balaban J connectivity index is 1.88. The summed E-state index contributed by atoms with van der Waals surface area (Å²) in [4.78, 5) is 33.5. The normalized spacial score (nSPS) is 12.1. The molecule has 0 aliphatic heterocycles. The smallest absolute Gasteiger partial charge is 0.308 e. The van der Waals surface area contributed by atoms with E-state index in [1.807, 2.05) is 6.07 Å². The van der Waals surface area contributed by atoms with E-state index >= 15 is 0 Å². The summed E-state index contributed by atoms with van der Waals surface area (Å²) in [5.74, 6) is 0.209. The Morgan fingerprint density at radius 3 is 2.79 bits per heavy atom. The van der Waals surface area contributed by atoms with Gasteiger partial charge in [0.05, 0.1) is 16.1 Å². The molecule has 1 aromatic carbocycles. The number of halogens is 2. The number of imidazole rings is 1. The molecule has 0 aliphatic carbocycles. The number of hydrogen-bond acceptors (Lipinski definition) is 7. The first-order valence-electron chi connectivity index (χ1n) is 7.91. The zero-order valence-corrected chi connectivity index (χ0v) is 18.5. The largest absolute Gasteiger partial charge is 0.493 e. The summed E-state index contributed by atoms with van der Waals surface area (Å²) in [5, 5.41) is 0. The van der Waals surface area contributed by atoms with Crippen LogP contribution in [-0.2, 0) is 4.79 Å². The van der Waals surface area contributed by atoms with E-state index in [0.717, 1.165) is 4.47 Å². The van der Waals surface area contributed by atoms with Crippen LogP contribution in [0.2, 0.25) is 0 Å². The van der Waals surface area contributed by atoms with Gasteiger partial charge in [-0.1, -0.05) is 11.3 Å². The van der Waals surface area contributed by atoms with Gasteiger partial charge in [-0.15, -0.1) is 0 Å². The second-order valence-electron chi connectivity index (χ2n) is 5.77. The first kappa shape index (κ1) is 19.0. The Morgan fingerprint density at radius 2 is 2.07 bits per heavy atom. The molecule has 3 aromatic heterocycles. The van der Waals surface area contributed by atoms with Gasteiger partial charge in [0.2, 0.25) is 0 Å². The number of carbonyl (C=O) groups excluding carboxylic acids is 1. The van der Waals surface area contributed by atoms with Gasteiger partial charge in [0, 0.05) is 17.6 Å². The van der Waals surface area contributed by atoms with E-state index < -0.39 is 5.97 Å². The first-order chi connectivity index (χ1) is 13.4. The van der Waals surface area contributed by atoms with Crippen LogP contribution >= 0.6 is 43.2 Å². The van der Waals surface area contributed by atoms with E-state index in [2.05, 4.69) is 41.8 Å². The van der Waals surface area contributed by atoms with Crippen molar-refractivity contribution in [3.8, 4) is 11.5 Å². The van der Waals surface area contributed by atoms with Crippen LogP contribution in [0.3, 0.4) is 0 Å². The Morgan fingerprint density at radius 1 is 1.29 bits per heavy atom. The summed E-state index contributed by atoms with van der Waals surface area (Å²) in [6.07, 6.45) is 3.36. The highest BCUT2D eigenvalue weighted by molar-refractivity contribution is 9.10. The lowest BCUT2D eigenvalue weighted by Gasteiger charge is -2.10. The minimum atomic E-state index is -0.455. The van der Waals surface area contributed by atoms with Gasteiger partial charge < -0.3 is 9.47 Å². The maximum Gasteiger partial charge on any atom is 0.308 e. The van der Waals surface area contributed by atoms with E-state index in [-0.39, 0.29) is 11.3 Å². The Labute approximate surface area is 178 Å². The Hall–Kier alpha value is -2.30. The van der Waals surface area contributed by atoms with Gasteiger partial charge in [0.15, 0.2) is 22.1 Å². The van der Waals surface area contributed by atoms with Crippen molar-refractivity contribution in [1.82, 2.24) is 14.4 Å². The molecular formula is C18H11Br2N3O4S. The van der Waals surface area contributed by atoms with E-state index in [1.54, 1.807) is 24.4 Å². The third kappa shape index (κ3) is 3.31. The van der Waals surface area contributed by atoms with Crippen LogP contribution in [0.25, 0.3) is 22.2 Å². The number of esters is 1. The number of thiazole rings is 1. The molecule has 142 valence electrons. The van der Waals surface area contributed by atoms with Crippen LogP contribution in [0, 0.1) is 0 Å². The number of aromatic nitrogens is 3. The molecule has 0 bridgehead atoms. The molecule has 4 rings (SSSR count). The second kappa shape index (κ2) is 7.26. The maximum absolute atomic E-state index is 12.9. The first-order valence-corrected chi connectivity index (χ1v) is 10.3. The number of hydrogen-bond donors (Lipinski definition) is 0. The molecule has 0 saturated carbocycles. The average molecular weight is 525 g/mol. The minimum absolute atomic E-state index is 0.198. The number of rotatable bonds is 3. The molecule has 0 aliphatic rings. The molecule has 28 heavy (non-hydrogen) atoms. The topological polar surface area (TPSA) is 82.8 Å². The highest BCUT2D eigenvalue weighted by Crippen LogP contribution is 2.37. The lowest BCUT2D eigenvalue weighted by atomic mass is 10.2. The van der Waals surface area contributed by atoms with Gasteiger partial charge in [-0.3, -0.25) is 9.59 Å². The molecule has 3 heterocycles. The van der Waals surface area contributed by atoms with Gasteiger partial charge in [-0.05, 0) is 61.7 Å². The predicted molar refractivity (Wildman–Crippen MR) is 113 cm³/mol. The van der Waals surface area contributed by atoms with Gasteiger partial charge in [0.1, 0.15) is 5.52 Å². The summed E-state index contributed by atoms with van der Waals surface area (Å²) in [6, 6.07) is 5.26. The average Bonchev–Trinajstić information content (AvgIpc) is 3.12. The monoisotopic (exact) mass is 523 g/mol. The molecule has 7 nitrogen and oxygen atoms in total. The summed E-state index contributed by atoms with van der Waals surface area (Å²) < 4.78 is 13.8. The van der Waals surface area contributed by atoms with Crippen LogP contribution in [0.5, 0.6) is 11.5 Å². The van der Waals surface area contributed by atoms with Gasteiger partial charge in [-0.2, -0.15) is 0 Å². The van der Waals surface area contributed by atoms with Crippen molar-refractivity contribution < 1.29 is 14.3 Å². The number of fused-ring (bicyclic) bond motifs is 3. The molecule has 0 amide bonds. The quantitative estimate of drug-likeness (QED) is 0.302.